The van der Waals surface area contributed by atoms with Gasteiger partial charge in [0.15, 0.2) is 0 Å². The molecule has 102 valence electrons. The Morgan fingerprint density at radius 1 is 1.40 bits per heavy atom. The maximum absolute atomic E-state index is 10.5. The number of H-pyrrole nitrogens is 1. The van der Waals surface area contributed by atoms with Gasteiger partial charge in [0.05, 0.1) is 11.8 Å². The van der Waals surface area contributed by atoms with E-state index in [1.165, 1.54) is 0 Å². The summed E-state index contributed by atoms with van der Waals surface area (Å²) in [4.78, 5) is 4.24. The Morgan fingerprint density at radius 2 is 2.25 bits per heavy atom. The number of aromatic nitrogens is 4. The lowest BCUT2D eigenvalue weighted by Gasteiger charge is -2.22. The van der Waals surface area contributed by atoms with Gasteiger partial charge in [0.1, 0.15) is 5.65 Å². The first-order valence-corrected chi connectivity index (χ1v) is 6.74. The molecular weight excluding hydrogens is 252 g/mol. The van der Waals surface area contributed by atoms with Crippen molar-refractivity contribution in [2.45, 2.75) is 26.4 Å². The molecule has 3 aromatic heterocycles. The summed E-state index contributed by atoms with van der Waals surface area (Å²) in [5, 5.41) is 18.0. The molecule has 1 atom stereocenters. The molecule has 2 N–H and O–H groups in total. The summed E-state index contributed by atoms with van der Waals surface area (Å²) < 4.78 is 1.96. The number of aliphatic hydroxyl groups is 1. The maximum atomic E-state index is 10.5. The highest BCUT2D eigenvalue weighted by Crippen LogP contribution is 2.47. The van der Waals surface area contributed by atoms with Crippen LogP contribution in [0, 0.1) is 5.41 Å². The Morgan fingerprint density at radius 3 is 3.10 bits per heavy atom. The molecule has 5 heteroatoms. The Balaban J connectivity index is 1.88. The summed E-state index contributed by atoms with van der Waals surface area (Å²) in [5.41, 5.74) is 4.58. The predicted molar refractivity (Wildman–Crippen MR) is 75.2 cm³/mol. The molecule has 0 saturated heterocycles. The third-order valence-electron chi connectivity index (χ3n) is 4.19. The number of hydrogen-bond acceptors (Lipinski definition) is 3. The van der Waals surface area contributed by atoms with Gasteiger partial charge >= 0.3 is 0 Å². The van der Waals surface area contributed by atoms with Crippen LogP contribution < -0.4 is 0 Å². The standard InChI is InChI=1S/C15H16N4O/c1-15(2)7-10-12(14(15)20)13(18-17-10)9-3-4-11-16-5-6-19(11)8-9/h3-6,8,14,20H,7H2,1-2H3,(H,17,18). The predicted octanol–water partition coefficient (Wildman–Crippen LogP) is 2.34. The van der Waals surface area contributed by atoms with Gasteiger partial charge in [-0.05, 0) is 18.6 Å². The van der Waals surface area contributed by atoms with Crippen molar-refractivity contribution in [1.29, 1.82) is 0 Å². The molecule has 3 heterocycles. The van der Waals surface area contributed by atoms with Crippen molar-refractivity contribution >= 4 is 5.65 Å². The van der Waals surface area contributed by atoms with Crippen LogP contribution in [0.4, 0.5) is 0 Å². The van der Waals surface area contributed by atoms with E-state index in [1.54, 1.807) is 6.20 Å². The minimum atomic E-state index is -0.482. The van der Waals surface area contributed by atoms with Crippen LogP contribution in [0.25, 0.3) is 16.9 Å². The maximum Gasteiger partial charge on any atom is 0.136 e. The van der Waals surface area contributed by atoms with Crippen molar-refractivity contribution in [3.63, 3.8) is 0 Å². The summed E-state index contributed by atoms with van der Waals surface area (Å²) in [7, 11) is 0. The lowest BCUT2D eigenvalue weighted by molar-refractivity contribution is 0.0664. The summed E-state index contributed by atoms with van der Waals surface area (Å²) in [6, 6.07) is 3.96. The van der Waals surface area contributed by atoms with E-state index in [2.05, 4.69) is 29.0 Å². The second-order valence-electron chi connectivity index (χ2n) is 6.14. The molecular formula is C15H16N4O. The summed E-state index contributed by atoms with van der Waals surface area (Å²) in [6.45, 7) is 4.16. The van der Waals surface area contributed by atoms with Crippen LogP contribution in [-0.4, -0.2) is 24.7 Å². The Labute approximate surface area is 116 Å². The van der Waals surface area contributed by atoms with Crippen molar-refractivity contribution in [3.8, 4) is 11.3 Å². The van der Waals surface area contributed by atoms with Crippen molar-refractivity contribution in [3.05, 3.63) is 42.0 Å². The number of fused-ring (bicyclic) bond motifs is 2. The molecule has 3 aromatic rings. The molecule has 4 rings (SSSR count). The van der Waals surface area contributed by atoms with E-state index in [1.807, 2.05) is 28.9 Å². The van der Waals surface area contributed by atoms with Crippen LogP contribution in [0.5, 0.6) is 0 Å². The van der Waals surface area contributed by atoms with Gasteiger partial charge in [-0.3, -0.25) is 5.10 Å². The normalized spacial score (nSPS) is 20.4. The summed E-state index contributed by atoms with van der Waals surface area (Å²) in [6.07, 6.45) is 6.02. The van der Waals surface area contributed by atoms with Crippen molar-refractivity contribution in [2.24, 2.45) is 5.41 Å². The smallest absolute Gasteiger partial charge is 0.136 e. The van der Waals surface area contributed by atoms with Crippen LogP contribution in [0.2, 0.25) is 0 Å². The minimum absolute atomic E-state index is 0.141. The monoisotopic (exact) mass is 268 g/mol. The van der Waals surface area contributed by atoms with Crippen LogP contribution in [0.15, 0.2) is 30.7 Å². The Bertz CT molecular complexity index is 799. The number of rotatable bonds is 1. The first-order chi connectivity index (χ1) is 9.56. The molecule has 5 nitrogen and oxygen atoms in total. The zero-order valence-electron chi connectivity index (χ0n) is 11.5. The van der Waals surface area contributed by atoms with Gasteiger partial charge in [-0.25, -0.2) is 4.98 Å². The second-order valence-corrected chi connectivity index (χ2v) is 6.14. The fourth-order valence-corrected chi connectivity index (χ4v) is 3.04. The number of pyridine rings is 1. The first kappa shape index (κ1) is 11.7. The second kappa shape index (κ2) is 3.70. The fourth-order valence-electron chi connectivity index (χ4n) is 3.04. The molecule has 0 amide bonds. The van der Waals surface area contributed by atoms with Gasteiger partial charge in [-0.15, -0.1) is 0 Å². The molecule has 0 bridgehead atoms. The topological polar surface area (TPSA) is 66.2 Å². The number of nitrogens with one attached hydrogen (secondary N) is 1. The lowest BCUT2D eigenvalue weighted by Crippen LogP contribution is -2.17. The van der Waals surface area contributed by atoms with E-state index >= 15 is 0 Å². The largest absolute Gasteiger partial charge is 0.388 e. The van der Waals surface area contributed by atoms with E-state index in [4.69, 9.17) is 0 Å². The molecule has 0 radical (unpaired) electrons. The average molecular weight is 268 g/mol. The molecule has 0 aliphatic heterocycles. The van der Waals surface area contributed by atoms with Crippen LogP contribution in [-0.2, 0) is 6.42 Å². The SMILES string of the molecule is CC1(C)Cc2[nH]nc(-c3ccc4nccn4c3)c2C1O. The van der Waals surface area contributed by atoms with E-state index < -0.39 is 6.10 Å². The molecule has 1 aliphatic carbocycles. The van der Waals surface area contributed by atoms with Gasteiger partial charge in [-0.2, -0.15) is 5.10 Å². The highest BCUT2D eigenvalue weighted by molar-refractivity contribution is 5.66. The number of nitrogens with zero attached hydrogens (tertiary/aromatic N) is 3. The molecule has 0 fully saturated rings. The average Bonchev–Trinajstić information content (AvgIpc) is 3.06. The molecule has 0 aromatic carbocycles. The molecule has 20 heavy (non-hydrogen) atoms. The van der Waals surface area contributed by atoms with Crippen LogP contribution in [0.3, 0.4) is 0 Å². The Hall–Kier alpha value is -2.14. The molecule has 1 aliphatic rings. The minimum Gasteiger partial charge on any atom is -0.388 e. The van der Waals surface area contributed by atoms with E-state index in [-0.39, 0.29) is 5.41 Å². The zero-order chi connectivity index (χ0) is 13.9. The zero-order valence-corrected chi connectivity index (χ0v) is 11.5. The van der Waals surface area contributed by atoms with Crippen LogP contribution in [0.1, 0.15) is 31.2 Å². The highest BCUT2D eigenvalue weighted by atomic mass is 16.3. The van der Waals surface area contributed by atoms with Crippen molar-refractivity contribution in [2.75, 3.05) is 0 Å². The molecule has 1 unspecified atom stereocenters. The highest BCUT2D eigenvalue weighted by Gasteiger charge is 2.41. The van der Waals surface area contributed by atoms with Crippen molar-refractivity contribution in [1.82, 2.24) is 19.6 Å². The van der Waals surface area contributed by atoms with Crippen molar-refractivity contribution < 1.29 is 5.11 Å². The van der Waals surface area contributed by atoms with E-state index in [0.717, 1.165) is 34.6 Å². The lowest BCUT2D eigenvalue weighted by atomic mass is 9.87. The fraction of sp³-hybridized carbons (Fsp3) is 0.333. The van der Waals surface area contributed by atoms with Gasteiger partial charge in [0.2, 0.25) is 0 Å². The molecule has 0 spiro atoms. The summed E-state index contributed by atoms with van der Waals surface area (Å²) >= 11 is 0. The third kappa shape index (κ3) is 1.47. The van der Waals surface area contributed by atoms with Crippen LogP contribution >= 0.6 is 0 Å². The quantitative estimate of drug-likeness (QED) is 0.712. The van der Waals surface area contributed by atoms with E-state index in [0.29, 0.717) is 0 Å². The van der Waals surface area contributed by atoms with E-state index in [9.17, 15) is 5.11 Å². The first-order valence-electron chi connectivity index (χ1n) is 6.74. The Kier molecular flexibility index (Phi) is 2.16. The van der Waals surface area contributed by atoms with Gasteiger partial charge < -0.3 is 9.51 Å². The summed E-state index contributed by atoms with van der Waals surface area (Å²) in [5.74, 6) is 0. The van der Waals surface area contributed by atoms with Gasteiger partial charge in [0.25, 0.3) is 0 Å². The molecule has 0 saturated carbocycles. The number of hydrogen-bond donors (Lipinski definition) is 2. The number of imidazole rings is 1. The van der Waals surface area contributed by atoms with Gasteiger partial charge in [-0.1, -0.05) is 13.8 Å². The number of aliphatic hydroxyl groups excluding tert-OH is 1. The number of aromatic amines is 1. The van der Waals surface area contributed by atoms with Gasteiger partial charge in [0, 0.05) is 40.8 Å². The third-order valence-corrected chi connectivity index (χ3v) is 4.19.